The smallest absolute Gasteiger partial charge is 0.0251 e. The lowest BCUT2D eigenvalue weighted by molar-refractivity contribution is 0.623. The van der Waals surface area contributed by atoms with Crippen LogP contribution in [0, 0.1) is 0 Å². The van der Waals surface area contributed by atoms with Gasteiger partial charge in [-0.3, -0.25) is 0 Å². The van der Waals surface area contributed by atoms with E-state index in [2.05, 4.69) is 12.1 Å². The quantitative estimate of drug-likeness (QED) is 0.710. The molecule has 1 aromatic rings. The van der Waals surface area contributed by atoms with Gasteiger partial charge in [0.25, 0.3) is 0 Å². The van der Waals surface area contributed by atoms with Crippen LogP contribution in [0.15, 0.2) is 30.3 Å². The molecule has 0 aromatic heterocycles. The van der Waals surface area contributed by atoms with Crippen molar-refractivity contribution < 1.29 is 4.89 Å². The monoisotopic (exact) mass is 182 g/mol. The van der Waals surface area contributed by atoms with Gasteiger partial charge in [-0.1, -0.05) is 37.3 Å². The first-order valence-corrected chi connectivity index (χ1v) is 5.97. The Morgan fingerprint density at radius 1 is 1.25 bits per heavy atom. The van der Waals surface area contributed by atoms with Crippen LogP contribution in [0.2, 0.25) is 0 Å². The summed E-state index contributed by atoms with van der Waals surface area (Å²) in [6.45, 7) is 2.04. The SMILES string of the molecule is CCP(O)CCc1ccccc1. The standard InChI is InChI=1S/C10H15OP/c1-2-12(11)9-8-10-6-4-3-5-7-10/h3-7,11H,2,8-9H2,1H3. The molecule has 1 rings (SSSR count). The minimum absolute atomic E-state index is 0.702. The number of benzene rings is 1. The van der Waals surface area contributed by atoms with Crippen molar-refractivity contribution in [1.29, 1.82) is 0 Å². The van der Waals surface area contributed by atoms with Gasteiger partial charge in [0.2, 0.25) is 0 Å². The molecule has 2 heteroatoms. The first kappa shape index (κ1) is 9.70. The second-order valence-corrected chi connectivity index (χ2v) is 4.87. The predicted molar refractivity (Wildman–Crippen MR) is 54.7 cm³/mol. The zero-order chi connectivity index (χ0) is 8.81. The van der Waals surface area contributed by atoms with Gasteiger partial charge >= 0.3 is 0 Å². The van der Waals surface area contributed by atoms with Crippen LogP contribution < -0.4 is 0 Å². The van der Waals surface area contributed by atoms with Gasteiger partial charge in [0.05, 0.1) is 0 Å². The van der Waals surface area contributed by atoms with E-state index in [9.17, 15) is 4.89 Å². The van der Waals surface area contributed by atoms with Crippen LogP contribution in [-0.4, -0.2) is 17.2 Å². The van der Waals surface area contributed by atoms with E-state index in [0.29, 0.717) is 0 Å². The maximum atomic E-state index is 9.38. The van der Waals surface area contributed by atoms with Gasteiger partial charge in [0, 0.05) is 8.15 Å². The summed E-state index contributed by atoms with van der Waals surface area (Å²) in [7, 11) is -0.702. The summed E-state index contributed by atoms with van der Waals surface area (Å²) < 4.78 is 0. The lowest BCUT2D eigenvalue weighted by Gasteiger charge is -2.06. The second kappa shape index (κ2) is 5.29. The van der Waals surface area contributed by atoms with Gasteiger partial charge in [0.1, 0.15) is 0 Å². The molecule has 0 amide bonds. The lowest BCUT2D eigenvalue weighted by atomic mass is 10.2. The molecule has 12 heavy (non-hydrogen) atoms. The Morgan fingerprint density at radius 3 is 2.50 bits per heavy atom. The molecule has 66 valence electrons. The highest BCUT2D eigenvalue weighted by Gasteiger charge is 1.99. The van der Waals surface area contributed by atoms with Crippen LogP contribution in [0.25, 0.3) is 0 Å². The summed E-state index contributed by atoms with van der Waals surface area (Å²) in [5.74, 6) is 0. The van der Waals surface area contributed by atoms with Crippen LogP contribution in [-0.2, 0) is 6.42 Å². The van der Waals surface area contributed by atoms with Crippen LogP contribution in [0.1, 0.15) is 12.5 Å². The Kier molecular flexibility index (Phi) is 4.27. The molecule has 1 atom stereocenters. The molecule has 0 spiro atoms. The number of aryl methyl sites for hydroxylation is 1. The van der Waals surface area contributed by atoms with Crippen LogP contribution in [0.3, 0.4) is 0 Å². The Morgan fingerprint density at radius 2 is 1.92 bits per heavy atom. The van der Waals surface area contributed by atoms with Gasteiger partial charge < -0.3 is 4.89 Å². The number of rotatable bonds is 4. The van der Waals surface area contributed by atoms with Gasteiger partial charge in [-0.25, -0.2) is 0 Å². The maximum absolute atomic E-state index is 9.38. The minimum Gasteiger partial charge on any atom is -0.374 e. The van der Waals surface area contributed by atoms with Gasteiger partial charge in [-0.15, -0.1) is 0 Å². The van der Waals surface area contributed by atoms with Crippen molar-refractivity contribution in [3.05, 3.63) is 35.9 Å². The van der Waals surface area contributed by atoms with E-state index in [4.69, 9.17) is 0 Å². The average molecular weight is 182 g/mol. The third-order valence-electron chi connectivity index (χ3n) is 1.87. The summed E-state index contributed by atoms with van der Waals surface area (Å²) in [4.78, 5) is 9.38. The van der Waals surface area contributed by atoms with Gasteiger partial charge in [-0.05, 0) is 24.3 Å². The van der Waals surface area contributed by atoms with Crippen molar-refractivity contribution in [3.8, 4) is 0 Å². The molecule has 0 bridgehead atoms. The first-order chi connectivity index (χ1) is 5.83. The molecule has 0 heterocycles. The molecule has 1 N–H and O–H groups in total. The van der Waals surface area contributed by atoms with Crippen molar-refractivity contribution in [2.45, 2.75) is 13.3 Å². The predicted octanol–water partition coefficient (Wildman–Crippen LogP) is 2.64. The van der Waals surface area contributed by atoms with Crippen LogP contribution in [0.4, 0.5) is 0 Å². The molecule has 0 fully saturated rings. The molecule has 1 aromatic carbocycles. The Bertz CT molecular complexity index is 210. The summed E-state index contributed by atoms with van der Waals surface area (Å²) >= 11 is 0. The van der Waals surface area contributed by atoms with Crippen molar-refractivity contribution in [3.63, 3.8) is 0 Å². The highest BCUT2D eigenvalue weighted by molar-refractivity contribution is 7.51. The van der Waals surface area contributed by atoms with E-state index in [0.717, 1.165) is 18.7 Å². The van der Waals surface area contributed by atoms with Crippen molar-refractivity contribution in [2.75, 3.05) is 12.3 Å². The van der Waals surface area contributed by atoms with Gasteiger partial charge in [0.15, 0.2) is 0 Å². The molecule has 0 saturated heterocycles. The minimum atomic E-state index is -0.702. The molecular formula is C10H15OP. The molecular weight excluding hydrogens is 167 g/mol. The molecule has 0 aliphatic rings. The van der Waals surface area contributed by atoms with Crippen LogP contribution in [0.5, 0.6) is 0 Å². The Labute approximate surface area is 75.3 Å². The highest BCUT2D eigenvalue weighted by atomic mass is 31.1. The third kappa shape index (κ3) is 3.34. The third-order valence-corrected chi connectivity index (χ3v) is 3.34. The average Bonchev–Trinajstić information content (AvgIpc) is 2.16. The highest BCUT2D eigenvalue weighted by Crippen LogP contribution is 2.29. The molecule has 1 unspecified atom stereocenters. The fourth-order valence-corrected chi connectivity index (χ4v) is 1.89. The molecule has 0 aliphatic heterocycles. The van der Waals surface area contributed by atoms with E-state index in [-0.39, 0.29) is 0 Å². The fourth-order valence-electron chi connectivity index (χ4n) is 1.06. The van der Waals surface area contributed by atoms with E-state index < -0.39 is 8.15 Å². The Balaban J connectivity index is 2.33. The fraction of sp³-hybridized carbons (Fsp3) is 0.400. The van der Waals surface area contributed by atoms with Crippen molar-refractivity contribution >= 4 is 8.15 Å². The molecule has 0 aliphatic carbocycles. The van der Waals surface area contributed by atoms with E-state index >= 15 is 0 Å². The lowest BCUT2D eigenvalue weighted by Crippen LogP contribution is -1.91. The zero-order valence-corrected chi connectivity index (χ0v) is 8.30. The summed E-state index contributed by atoms with van der Waals surface area (Å²) in [5, 5.41) is 0. The summed E-state index contributed by atoms with van der Waals surface area (Å²) in [5.41, 5.74) is 1.33. The van der Waals surface area contributed by atoms with E-state index in [1.54, 1.807) is 0 Å². The summed E-state index contributed by atoms with van der Waals surface area (Å²) in [6.07, 6.45) is 2.87. The molecule has 0 saturated carbocycles. The molecule has 0 radical (unpaired) electrons. The zero-order valence-electron chi connectivity index (χ0n) is 7.40. The van der Waals surface area contributed by atoms with Crippen LogP contribution >= 0.6 is 8.15 Å². The largest absolute Gasteiger partial charge is 0.374 e. The number of hydrogen-bond donors (Lipinski definition) is 1. The second-order valence-electron chi connectivity index (χ2n) is 2.78. The topological polar surface area (TPSA) is 20.2 Å². The van der Waals surface area contributed by atoms with Gasteiger partial charge in [-0.2, -0.15) is 0 Å². The first-order valence-electron chi connectivity index (χ1n) is 4.30. The number of hydrogen-bond acceptors (Lipinski definition) is 1. The maximum Gasteiger partial charge on any atom is 0.0251 e. The Hall–Kier alpha value is -0.390. The summed E-state index contributed by atoms with van der Waals surface area (Å²) in [6, 6.07) is 10.3. The normalized spacial score (nSPS) is 12.8. The van der Waals surface area contributed by atoms with E-state index in [1.165, 1.54) is 5.56 Å². The van der Waals surface area contributed by atoms with Crippen molar-refractivity contribution in [2.24, 2.45) is 0 Å². The van der Waals surface area contributed by atoms with Crippen molar-refractivity contribution in [1.82, 2.24) is 0 Å². The van der Waals surface area contributed by atoms with E-state index in [1.807, 2.05) is 25.1 Å². The molecule has 1 nitrogen and oxygen atoms in total.